The normalized spacial score (nSPS) is 22.9. The van der Waals surface area contributed by atoms with Crippen LogP contribution in [0.15, 0.2) is 11.8 Å². The third kappa shape index (κ3) is 2.99. The van der Waals surface area contributed by atoms with E-state index in [0.717, 1.165) is 67.9 Å². The number of rotatable bonds is 4. The van der Waals surface area contributed by atoms with Gasteiger partial charge in [0.1, 0.15) is 16.7 Å². The first-order valence-electron chi connectivity index (χ1n) is 9.25. The second-order valence-electron chi connectivity index (χ2n) is 7.36. The molecule has 1 saturated heterocycles. The molecule has 1 amide bonds. The van der Waals surface area contributed by atoms with E-state index in [0.29, 0.717) is 11.9 Å². The zero-order valence-corrected chi connectivity index (χ0v) is 15.8. The minimum Gasteiger partial charge on any atom is -0.350 e. The summed E-state index contributed by atoms with van der Waals surface area (Å²) < 4.78 is 0. The molecule has 6 nitrogen and oxygen atoms in total. The highest BCUT2D eigenvalue weighted by Gasteiger charge is 2.50. The van der Waals surface area contributed by atoms with Gasteiger partial charge in [0.25, 0.3) is 0 Å². The molecule has 2 aromatic rings. The zero-order valence-electron chi connectivity index (χ0n) is 14.9. The average molecular weight is 359 g/mol. The summed E-state index contributed by atoms with van der Waals surface area (Å²) >= 11 is 1.54. The summed E-state index contributed by atoms with van der Waals surface area (Å²) in [7, 11) is 0. The number of nitrogens with zero attached hydrogens (tertiary/aromatic N) is 5. The van der Waals surface area contributed by atoms with Crippen LogP contribution in [0.5, 0.6) is 0 Å². The molecule has 1 unspecified atom stereocenters. The second kappa shape index (κ2) is 6.52. The summed E-state index contributed by atoms with van der Waals surface area (Å²) in [5, 5.41) is 0. The topological polar surface area (TPSA) is 62.2 Å². The summed E-state index contributed by atoms with van der Waals surface area (Å²) in [6.07, 6.45) is 6.85. The number of hydrogen-bond donors (Lipinski definition) is 0. The molecule has 25 heavy (non-hydrogen) atoms. The number of fused-ring (bicyclic) bond motifs is 1. The van der Waals surface area contributed by atoms with Gasteiger partial charge in [-0.05, 0) is 32.6 Å². The van der Waals surface area contributed by atoms with Gasteiger partial charge in [0.05, 0.1) is 5.51 Å². The average Bonchev–Trinajstić information content (AvgIpc) is 3.28. The minimum atomic E-state index is -0.0374. The zero-order chi connectivity index (χ0) is 17.4. The number of anilines is 1. The molecular formula is C18H25N5OS. The lowest BCUT2D eigenvalue weighted by atomic mass is 9.98. The van der Waals surface area contributed by atoms with Gasteiger partial charge >= 0.3 is 0 Å². The molecule has 1 saturated carbocycles. The van der Waals surface area contributed by atoms with Crippen LogP contribution in [-0.4, -0.2) is 51.4 Å². The predicted molar refractivity (Wildman–Crippen MR) is 99.8 cm³/mol. The molecule has 2 aromatic heterocycles. The van der Waals surface area contributed by atoms with Crippen molar-refractivity contribution in [2.45, 2.75) is 52.0 Å². The number of hydrogen-bond acceptors (Lipinski definition) is 6. The van der Waals surface area contributed by atoms with E-state index < -0.39 is 0 Å². The largest absolute Gasteiger partial charge is 0.350 e. The van der Waals surface area contributed by atoms with E-state index in [1.165, 1.54) is 0 Å². The fourth-order valence-electron chi connectivity index (χ4n) is 4.00. The number of carbonyl (C=O) groups excluding carboxylic acids is 1. The Balaban J connectivity index is 1.54. The highest BCUT2D eigenvalue weighted by atomic mass is 32.1. The monoisotopic (exact) mass is 359 g/mol. The van der Waals surface area contributed by atoms with E-state index in [1.54, 1.807) is 17.7 Å². The highest BCUT2D eigenvalue weighted by molar-refractivity contribution is 7.16. The van der Waals surface area contributed by atoms with Crippen LogP contribution in [0.1, 0.15) is 46.0 Å². The molecule has 0 spiro atoms. The maximum atomic E-state index is 13.0. The summed E-state index contributed by atoms with van der Waals surface area (Å²) in [5.74, 6) is 1.28. The smallest absolute Gasteiger partial charge is 0.228 e. The Bertz CT molecular complexity index is 772. The van der Waals surface area contributed by atoms with Gasteiger partial charge in [0.2, 0.25) is 5.91 Å². The van der Waals surface area contributed by atoms with E-state index in [-0.39, 0.29) is 5.41 Å². The standard InChI is InChI=1S/C18H25N5OS/c1-3-5-18(6-7-18)17(24)22-8-4-13(2)23(10-9-22)15-14-16(20-11-19-15)25-12-21-14/h11-13H,3-10H2,1-2H3. The Kier molecular flexibility index (Phi) is 4.35. The molecule has 4 rings (SSSR count). The van der Waals surface area contributed by atoms with E-state index in [4.69, 9.17) is 0 Å². The molecule has 0 radical (unpaired) electrons. The highest BCUT2D eigenvalue weighted by Crippen LogP contribution is 2.51. The summed E-state index contributed by atoms with van der Waals surface area (Å²) in [6, 6.07) is 0.332. The fourth-order valence-corrected chi connectivity index (χ4v) is 4.63. The molecule has 1 atom stereocenters. The van der Waals surface area contributed by atoms with Crippen molar-refractivity contribution in [3.05, 3.63) is 11.8 Å². The molecule has 2 aliphatic rings. The van der Waals surface area contributed by atoms with Crippen molar-refractivity contribution in [1.82, 2.24) is 19.9 Å². The SMILES string of the molecule is CCCC1(C(=O)N2CCC(C)N(c3ncnc4scnc34)CC2)CC1. The lowest BCUT2D eigenvalue weighted by Crippen LogP contribution is -2.40. The predicted octanol–water partition coefficient (Wildman–Crippen LogP) is 3.09. The number of thiazole rings is 1. The molecule has 0 aromatic carbocycles. The van der Waals surface area contributed by atoms with E-state index in [2.05, 4.69) is 38.6 Å². The molecule has 0 bridgehead atoms. The van der Waals surface area contributed by atoms with Gasteiger partial charge in [-0.15, -0.1) is 11.3 Å². The van der Waals surface area contributed by atoms with Gasteiger partial charge in [-0.1, -0.05) is 13.3 Å². The van der Waals surface area contributed by atoms with Crippen molar-refractivity contribution in [3.63, 3.8) is 0 Å². The fraction of sp³-hybridized carbons (Fsp3) is 0.667. The lowest BCUT2D eigenvalue weighted by molar-refractivity contribution is -0.137. The Morgan fingerprint density at radius 3 is 2.88 bits per heavy atom. The summed E-state index contributed by atoms with van der Waals surface area (Å²) in [6.45, 7) is 6.80. The number of aromatic nitrogens is 3. The van der Waals surface area contributed by atoms with Gasteiger partial charge in [0.15, 0.2) is 5.82 Å². The minimum absolute atomic E-state index is 0.0374. The van der Waals surface area contributed by atoms with Crippen molar-refractivity contribution < 1.29 is 4.79 Å². The molecular weight excluding hydrogens is 334 g/mol. The Hall–Kier alpha value is -1.76. The maximum Gasteiger partial charge on any atom is 0.228 e. The van der Waals surface area contributed by atoms with Crippen LogP contribution in [-0.2, 0) is 4.79 Å². The number of amides is 1. The van der Waals surface area contributed by atoms with Gasteiger partial charge in [0, 0.05) is 31.1 Å². The van der Waals surface area contributed by atoms with Crippen LogP contribution in [0.2, 0.25) is 0 Å². The van der Waals surface area contributed by atoms with Crippen molar-refractivity contribution in [3.8, 4) is 0 Å². The molecule has 134 valence electrons. The van der Waals surface area contributed by atoms with Crippen molar-refractivity contribution >= 4 is 33.4 Å². The van der Waals surface area contributed by atoms with Crippen LogP contribution in [0.4, 0.5) is 5.82 Å². The van der Waals surface area contributed by atoms with Crippen LogP contribution in [0.3, 0.4) is 0 Å². The van der Waals surface area contributed by atoms with Gasteiger partial charge in [-0.3, -0.25) is 4.79 Å². The molecule has 1 aliphatic carbocycles. The Labute approximate surface area is 152 Å². The Morgan fingerprint density at radius 1 is 1.28 bits per heavy atom. The number of carbonyl (C=O) groups is 1. The molecule has 3 heterocycles. The van der Waals surface area contributed by atoms with Crippen LogP contribution >= 0.6 is 11.3 Å². The quantitative estimate of drug-likeness (QED) is 0.839. The third-order valence-corrected chi connectivity index (χ3v) is 6.40. The van der Waals surface area contributed by atoms with E-state index in [9.17, 15) is 4.79 Å². The van der Waals surface area contributed by atoms with Crippen molar-refractivity contribution in [2.75, 3.05) is 24.5 Å². The second-order valence-corrected chi connectivity index (χ2v) is 8.19. The summed E-state index contributed by atoms with van der Waals surface area (Å²) in [4.78, 5) is 31.6. The van der Waals surface area contributed by atoms with Crippen molar-refractivity contribution in [1.29, 1.82) is 0 Å². The first-order valence-corrected chi connectivity index (χ1v) is 10.1. The van der Waals surface area contributed by atoms with E-state index >= 15 is 0 Å². The first-order chi connectivity index (χ1) is 12.1. The Morgan fingerprint density at radius 2 is 2.12 bits per heavy atom. The maximum absolute atomic E-state index is 13.0. The molecule has 7 heteroatoms. The van der Waals surface area contributed by atoms with Crippen LogP contribution in [0, 0.1) is 5.41 Å². The lowest BCUT2D eigenvalue weighted by Gasteiger charge is -2.28. The van der Waals surface area contributed by atoms with Gasteiger partial charge in [-0.25, -0.2) is 15.0 Å². The molecule has 2 fully saturated rings. The van der Waals surface area contributed by atoms with E-state index in [1.807, 2.05) is 5.51 Å². The van der Waals surface area contributed by atoms with Gasteiger partial charge in [-0.2, -0.15) is 0 Å². The first kappa shape index (κ1) is 16.7. The summed E-state index contributed by atoms with van der Waals surface area (Å²) in [5.41, 5.74) is 2.66. The van der Waals surface area contributed by atoms with Crippen LogP contribution < -0.4 is 4.90 Å². The van der Waals surface area contributed by atoms with Crippen molar-refractivity contribution in [2.24, 2.45) is 5.41 Å². The van der Waals surface area contributed by atoms with Gasteiger partial charge < -0.3 is 9.80 Å². The molecule has 1 aliphatic heterocycles. The third-order valence-electron chi connectivity index (χ3n) is 5.67. The molecule has 0 N–H and O–H groups in total. The van der Waals surface area contributed by atoms with Crippen LogP contribution in [0.25, 0.3) is 10.3 Å².